The molecule has 2 aliphatic rings. The number of aromatic hydroxyl groups is 1. The largest absolute Gasteiger partial charge is 0.502 e. The highest BCUT2D eigenvalue weighted by Crippen LogP contribution is 2.38. The number of aromatic nitrogens is 2. The van der Waals surface area contributed by atoms with Crippen molar-refractivity contribution < 1.29 is 23.4 Å². The Kier molecular flexibility index (Phi) is 5.72. The molecule has 1 N–H and O–H groups in total. The predicted molar refractivity (Wildman–Crippen MR) is 123 cm³/mol. The number of rotatable bonds is 2. The number of nitrogens with zero attached hydrogens (tertiary/aromatic N) is 4. The van der Waals surface area contributed by atoms with Crippen LogP contribution >= 0.6 is 0 Å². The first kappa shape index (κ1) is 22.6. The van der Waals surface area contributed by atoms with E-state index < -0.39 is 40.8 Å². The minimum absolute atomic E-state index is 0.0106. The van der Waals surface area contributed by atoms with Crippen LogP contribution < -0.4 is 15.2 Å². The molecule has 2 bridgehead atoms. The second-order valence-corrected chi connectivity index (χ2v) is 8.23. The average molecular weight is 480 g/mol. The monoisotopic (exact) mass is 480 g/mol. The molecule has 1 aromatic carbocycles. The van der Waals surface area contributed by atoms with Crippen molar-refractivity contribution in [1.82, 2.24) is 14.6 Å². The first-order valence-corrected chi connectivity index (χ1v) is 11.1. The van der Waals surface area contributed by atoms with Crippen LogP contribution in [0.1, 0.15) is 41.1 Å². The van der Waals surface area contributed by atoms with Crippen LogP contribution in [0.2, 0.25) is 0 Å². The van der Waals surface area contributed by atoms with E-state index in [1.165, 1.54) is 21.8 Å². The van der Waals surface area contributed by atoms with E-state index in [1.54, 1.807) is 41.6 Å². The lowest BCUT2D eigenvalue weighted by Crippen LogP contribution is -2.57. The molecule has 0 aliphatic carbocycles. The van der Waals surface area contributed by atoms with E-state index in [-0.39, 0.29) is 30.3 Å². The Labute approximate surface area is 199 Å². The quantitative estimate of drug-likeness (QED) is 0.568. The second-order valence-electron chi connectivity index (χ2n) is 8.23. The van der Waals surface area contributed by atoms with Gasteiger partial charge in [-0.3, -0.25) is 24.3 Å². The second kappa shape index (κ2) is 8.86. The van der Waals surface area contributed by atoms with E-state index in [0.29, 0.717) is 12.1 Å². The van der Waals surface area contributed by atoms with Gasteiger partial charge in [-0.25, -0.2) is 4.39 Å². The summed E-state index contributed by atoms with van der Waals surface area (Å²) in [5.41, 5.74) is -0.196. The molecule has 2 atom stereocenters. The third-order valence-corrected chi connectivity index (χ3v) is 6.23. The molecular formula is C25H22F2N4O4. The highest BCUT2D eigenvalue weighted by atomic mass is 19.2. The van der Waals surface area contributed by atoms with Crippen molar-refractivity contribution in [2.24, 2.45) is 0 Å². The highest BCUT2D eigenvalue weighted by molar-refractivity contribution is 5.96. The molecule has 4 heterocycles. The number of amides is 1. The lowest BCUT2D eigenvalue weighted by Gasteiger charge is -2.45. The fourth-order valence-corrected chi connectivity index (χ4v) is 4.54. The van der Waals surface area contributed by atoms with Crippen molar-refractivity contribution in [1.29, 1.82) is 0 Å². The molecule has 3 aromatic rings. The highest BCUT2D eigenvalue weighted by Gasteiger charge is 2.40. The van der Waals surface area contributed by atoms with Crippen LogP contribution in [0.3, 0.4) is 0 Å². The number of carbonyl (C=O) groups is 1. The van der Waals surface area contributed by atoms with Gasteiger partial charge in [-0.2, -0.15) is 4.39 Å². The zero-order valence-electron chi connectivity index (χ0n) is 18.8. The van der Waals surface area contributed by atoms with E-state index in [2.05, 4.69) is 4.98 Å². The number of ether oxygens (including phenoxy) is 1. The molecule has 0 saturated carbocycles. The van der Waals surface area contributed by atoms with Crippen molar-refractivity contribution >= 4 is 5.91 Å². The average Bonchev–Trinajstić information content (AvgIpc) is 2.89. The molecule has 2 aliphatic heterocycles. The smallest absolute Gasteiger partial charge is 0.278 e. The SMILES string of the molecule is CC[C@@H]1/C=C/COc2c(ccc(F)c2F)[C@@H](c2ccccn2)N2CN1C(=O)c1c(O)c(=O)ccn12. The maximum atomic E-state index is 15.0. The molecule has 0 fully saturated rings. The Morgan fingerprint density at radius 3 is 2.74 bits per heavy atom. The van der Waals surface area contributed by atoms with E-state index in [4.69, 9.17) is 4.74 Å². The number of fused-ring (bicyclic) bond motifs is 5. The number of hydrogen-bond donors (Lipinski definition) is 1. The number of halogens is 2. The van der Waals surface area contributed by atoms with Crippen LogP contribution in [0.25, 0.3) is 0 Å². The zero-order valence-corrected chi connectivity index (χ0v) is 18.8. The Bertz CT molecular complexity index is 1380. The summed E-state index contributed by atoms with van der Waals surface area (Å²) in [7, 11) is 0. The van der Waals surface area contributed by atoms with Gasteiger partial charge in [0, 0.05) is 24.0 Å². The molecule has 0 unspecified atom stereocenters. The van der Waals surface area contributed by atoms with Gasteiger partial charge in [-0.05, 0) is 36.8 Å². The number of benzene rings is 1. The summed E-state index contributed by atoms with van der Waals surface area (Å²) in [6.45, 7) is 1.84. The van der Waals surface area contributed by atoms with Crippen LogP contribution in [0.4, 0.5) is 8.78 Å². The van der Waals surface area contributed by atoms with Crippen molar-refractivity contribution in [3.8, 4) is 11.5 Å². The fourth-order valence-electron chi connectivity index (χ4n) is 4.54. The maximum Gasteiger partial charge on any atom is 0.278 e. The molecule has 0 saturated heterocycles. The minimum atomic E-state index is -1.14. The first-order valence-electron chi connectivity index (χ1n) is 11.1. The summed E-state index contributed by atoms with van der Waals surface area (Å²) in [5.74, 6) is -3.71. The number of hydrogen-bond acceptors (Lipinski definition) is 6. The van der Waals surface area contributed by atoms with Crippen molar-refractivity contribution in [3.63, 3.8) is 0 Å². The molecule has 0 spiro atoms. The van der Waals surface area contributed by atoms with Crippen molar-refractivity contribution in [2.45, 2.75) is 25.4 Å². The summed E-state index contributed by atoms with van der Waals surface area (Å²) >= 11 is 0. The number of pyridine rings is 2. The standard InChI is InChI=1S/C25H22F2N4O4/c1-2-15-6-5-13-35-24-16(8-9-17(26)20(24)27)21(18-7-3-4-11-28-18)31-14-29(15)25(34)22-23(33)19(32)10-12-30(22)31/h3-12,15,21,33H,2,13-14H2,1H3/b6-5+/t15-,21+/m1/s1. The third-order valence-electron chi connectivity index (χ3n) is 6.23. The Morgan fingerprint density at radius 1 is 1.17 bits per heavy atom. The van der Waals surface area contributed by atoms with E-state index in [1.807, 2.05) is 6.92 Å². The summed E-state index contributed by atoms with van der Waals surface area (Å²) in [4.78, 5) is 31.7. The van der Waals surface area contributed by atoms with Crippen LogP contribution in [0, 0.1) is 11.6 Å². The number of carbonyl (C=O) groups excluding carboxylic acids is 1. The van der Waals surface area contributed by atoms with Crippen LogP contribution in [0.15, 0.2) is 65.7 Å². The first-order chi connectivity index (χ1) is 16.9. The van der Waals surface area contributed by atoms with E-state index in [0.717, 1.165) is 12.1 Å². The minimum Gasteiger partial charge on any atom is -0.502 e. The lowest BCUT2D eigenvalue weighted by molar-refractivity contribution is 0.0625. The van der Waals surface area contributed by atoms with Gasteiger partial charge >= 0.3 is 0 Å². The van der Waals surface area contributed by atoms with Crippen molar-refractivity contribution in [2.75, 3.05) is 18.3 Å². The van der Waals surface area contributed by atoms with Crippen LogP contribution in [-0.2, 0) is 0 Å². The molecule has 10 heteroatoms. The molecule has 0 radical (unpaired) electrons. The Balaban J connectivity index is 1.84. The van der Waals surface area contributed by atoms with Gasteiger partial charge in [-0.15, -0.1) is 0 Å². The molecule has 1 amide bonds. The van der Waals surface area contributed by atoms with E-state index in [9.17, 15) is 19.1 Å². The van der Waals surface area contributed by atoms with Crippen LogP contribution in [-0.4, -0.2) is 44.9 Å². The van der Waals surface area contributed by atoms with Gasteiger partial charge in [0.1, 0.15) is 19.3 Å². The summed E-state index contributed by atoms with van der Waals surface area (Å²) in [5, 5.41) is 12.3. The van der Waals surface area contributed by atoms with Gasteiger partial charge in [0.05, 0.1) is 11.7 Å². The molecule has 180 valence electrons. The zero-order chi connectivity index (χ0) is 24.7. The molecule has 8 nitrogen and oxygen atoms in total. The fraction of sp³-hybridized carbons (Fsp3) is 0.240. The Morgan fingerprint density at radius 2 is 2.00 bits per heavy atom. The van der Waals surface area contributed by atoms with Gasteiger partial charge in [0.2, 0.25) is 11.2 Å². The normalized spacial score (nSPS) is 20.4. The third kappa shape index (κ3) is 3.71. The lowest BCUT2D eigenvalue weighted by atomic mass is 10.00. The van der Waals surface area contributed by atoms with Gasteiger partial charge in [0.15, 0.2) is 23.0 Å². The molecule has 35 heavy (non-hydrogen) atoms. The Hall–Kier alpha value is -4.21. The van der Waals surface area contributed by atoms with Crippen molar-refractivity contribution in [3.05, 3.63) is 99.8 Å². The van der Waals surface area contributed by atoms with Gasteiger partial charge in [-0.1, -0.05) is 19.1 Å². The molecule has 5 rings (SSSR count). The maximum absolute atomic E-state index is 15.0. The summed E-state index contributed by atoms with van der Waals surface area (Å²) in [6, 6.07) is 7.47. The van der Waals surface area contributed by atoms with Gasteiger partial charge in [0.25, 0.3) is 5.91 Å². The summed E-state index contributed by atoms with van der Waals surface area (Å²) < 4.78 is 36.4. The van der Waals surface area contributed by atoms with Gasteiger partial charge < -0.3 is 14.7 Å². The van der Waals surface area contributed by atoms with Crippen LogP contribution in [0.5, 0.6) is 11.5 Å². The topological polar surface area (TPSA) is 87.9 Å². The predicted octanol–water partition coefficient (Wildman–Crippen LogP) is 3.10. The van der Waals surface area contributed by atoms with E-state index >= 15 is 4.39 Å². The summed E-state index contributed by atoms with van der Waals surface area (Å²) in [6.07, 6.45) is 6.83. The molecule has 2 aromatic heterocycles. The molecular weight excluding hydrogens is 458 g/mol.